The van der Waals surface area contributed by atoms with Gasteiger partial charge in [-0.15, -0.1) is 0 Å². The van der Waals surface area contributed by atoms with Crippen molar-refractivity contribution in [3.8, 4) is 0 Å². The number of carbonyl (C=O) groups is 4. The first-order valence-corrected chi connectivity index (χ1v) is 9.71. The number of nitrogens with zero attached hydrogens (tertiary/aromatic N) is 1. The van der Waals surface area contributed by atoms with Crippen LogP contribution in [0, 0.1) is 5.82 Å². The Morgan fingerprint density at radius 1 is 1.31 bits per heavy atom. The van der Waals surface area contributed by atoms with Crippen LogP contribution in [0.3, 0.4) is 0 Å². The Labute approximate surface area is 167 Å². The fourth-order valence-corrected chi connectivity index (χ4v) is 3.70. The van der Waals surface area contributed by atoms with Crippen molar-refractivity contribution in [1.82, 2.24) is 10.2 Å². The van der Waals surface area contributed by atoms with E-state index in [1.165, 1.54) is 25.1 Å². The summed E-state index contributed by atoms with van der Waals surface area (Å²) in [5, 5.41) is 5.25. The van der Waals surface area contributed by atoms with Crippen molar-refractivity contribution >= 4 is 29.5 Å². The molecule has 156 valence electrons. The van der Waals surface area contributed by atoms with E-state index < -0.39 is 35.4 Å². The SMILES string of the molecule is C[C@@H](OC(=O)CCCN1C(=O)NC2(CCCC2)C1=O)C(=O)Nc1cccc(F)c1. The highest BCUT2D eigenvalue weighted by Gasteiger charge is 2.52. The quantitative estimate of drug-likeness (QED) is 0.535. The largest absolute Gasteiger partial charge is 0.453 e. The first-order valence-electron chi connectivity index (χ1n) is 9.71. The number of rotatable bonds is 7. The molecule has 1 heterocycles. The van der Waals surface area contributed by atoms with E-state index in [9.17, 15) is 23.6 Å². The van der Waals surface area contributed by atoms with E-state index in [4.69, 9.17) is 4.74 Å². The maximum Gasteiger partial charge on any atom is 0.325 e. The molecule has 1 spiro atoms. The van der Waals surface area contributed by atoms with Crippen LogP contribution in [0.4, 0.5) is 14.9 Å². The van der Waals surface area contributed by atoms with Crippen molar-refractivity contribution in [3.05, 3.63) is 30.1 Å². The van der Waals surface area contributed by atoms with Crippen LogP contribution in [0.2, 0.25) is 0 Å². The van der Waals surface area contributed by atoms with E-state index in [0.29, 0.717) is 12.8 Å². The molecular formula is C20H24FN3O5. The summed E-state index contributed by atoms with van der Waals surface area (Å²) >= 11 is 0. The van der Waals surface area contributed by atoms with Crippen LogP contribution in [0.1, 0.15) is 45.4 Å². The lowest BCUT2D eigenvalue weighted by atomic mass is 9.98. The Hall–Kier alpha value is -2.97. The van der Waals surface area contributed by atoms with Crippen LogP contribution in [0.15, 0.2) is 24.3 Å². The number of urea groups is 1. The van der Waals surface area contributed by atoms with Gasteiger partial charge in [0.25, 0.3) is 11.8 Å². The number of imide groups is 1. The molecule has 0 radical (unpaired) electrons. The van der Waals surface area contributed by atoms with E-state index in [0.717, 1.165) is 23.8 Å². The number of hydrogen-bond donors (Lipinski definition) is 2. The molecule has 0 bridgehead atoms. The number of esters is 1. The Morgan fingerprint density at radius 2 is 2.03 bits per heavy atom. The summed E-state index contributed by atoms with van der Waals surface area (Å²) in [5.41, 5.74) is -0.501. The van der Waals surface area contributed by atoms with Gasteiger partial charge in [-0.2, -0.15) is 0 Å². The van der Waals surface area contributed by atoms with Gasteiger partial charge in [-0.05, 0) is 44.4 Å². The number of benzene rings is 1. The maximum atomic E-state index is 13.2. The lowest BCUT2D eigenvalue weighted by Gasteiger charge is -2.20. The molecule has 9 heteroatoms. The minimum atomic E-state index is -1.07. The minimum Gasteiger partial charge on any atom is -0.453 e. The van der Waals surface area contributed by atoms with Gasteiger partial charge in [0.05, 0.1) is 0 Å². The molecule has 1 aliphatic carbocycles. The Balaban J connectivity index is 1.42. The van der Waals surface area contributed by atoms with Gasteiger partial charge >= 0.3 is 12.0 Å². The third-order valence-corrected chi connectivity index (χ3v) is 5.24. The number of anilines is 1. The van der Waals surface area contributed by atoms with Gasteiger partial charge in [0, 0.05) is 18.7 Å². The Morgan fingerprint density at radius 3 is 2.72 bits per heavy atom. The van der Waals surface area contributed by atoms with Crippen LogP contribution < -0.4 is 10.6 Å². The third-order valence-electron chi connectivity index (χ3n) is 5.24. The second-order valence-electron chi connectivity index (χ2n) is 7.41. The van der Waals surface area contributed by atoms with Crippen molar-refractivity contribution in [1.29, 1.82) is 0 Å². The third kappa shape index (κ3) is 4.72. The smallest absolute Gasteiger partial charge is 0.325 e. The number of hydrogen-bond acceptors (Lipinski definition) is 5. The van der Waals surface area contributed by atoms with Gasteiger partial charge in [0.15, 0.2) is 6.10 Å². The zero-order valence-electron chi connectivity index (χ0n) is 16.2. The molecular weight excluding hydrogens is 381 g/mol. The lowest BCUT2D eigenvalue weighted by Crippen LogP contribution is -2.44. The first-order chi connectivity index (χ1) is 13.8. The highest BCUT2D eigenvalue weighted by Crippen LogP contribution is 2.35. The molecule has 3 rings (SSSR count). The lowest BCUT2D eigenvalue weighted by molar-refractivity contribution is -0.153. The van der Waals surface area contributed by atoms with Crippen LogP contribution in [0.5, 0.6) is 0 Å². The Bertz CT molecular complexity index is 822. The summed E-state index contributed by atoms with van der Waals surface area (Å²) in [6, 6.07) is 4.95. The molecule has 0 unspecified atom stereocenters. The number of ether oxygens (including phenoxy) is 1. The summed E-state index contributed by atoms with van der Waals surface area (Å²) in [5.74, 6) is -1.92. The van der Waals surface area contributed by atoms with Gasteiger partial charge in [-0.3, -0.25) is 19.3 Å². The van der Waals surface area contributed by atoms with Crippen LogP contribution in [0.25, 0.3) is 0 Å². The van der Waals surface area contributed by atoms with E-state index in [1.807, 2.05) is 0 Å². The highest BCUT2D eigenvalue weighted by molar-refractivity contribution is 6.07. The van der Waals surface area contributed by atoms with Gasteiger partial charge < -0.3 is 15.4 Å². The molecule has 1 aliphatic heterocycles. The summed E-state index contributed by atoms with van der Waals surface area (Å²) in [4.78, 5) is 49.8. The molecule has 29 heavy (non-hydrogen) atoms. The second kappa shape index (κ2) is 8.59. The molecule has 1 saturated carbocycles. The van der Waals surface area contributed by atoms with E-state index in [-0.39, 0.29) is 31.0 Å². The predicted octanol–water partition coefficient (Wildman–Crippen LogP) is 2.34. The molecule has 2 N–H and O–H groups in total. The zero-order valence-corrected chi connectivity index (χ0v) is 16.2. The minimum absolute atomic E-state index is 0.0400. The van der Waals surface area contributed by atoms with Gasteiger partial charge in [0.1, 0.15) is 11.4 Å². The standard InChI is InChI=1S/C20H24FN3O5/c1-13(17(26)22-15-7-4-6-14(21)12-15)29-16(25)8-5-11-24-18(27)20(23-19(24)28)9-2-3-10-20/h4,6-7,12-13H,2-3,5,8-11H2,1H3,(H,22,26)(H,23,28)/t13-/m1/s1. The van der Waals surface area contributed by atoms with Crippen molar-refractivity contribution in [2.75, 3.05) is 11.9 Å². The summed E-state index contributed by atoms with van der Waals surface area (Å²) in [6.45, 7) is 1.53. The van der Waals surface area contributed by atoms with Gasteiger partial charge in [-0.1, -0.05) is 18.9 Å². The number of nitrogens with one attached hydrogen (secondary N) is 2. The highest BCUT2D eigenvalue weighted by atomic mass is 19.1. The molecule has 1 saturated heterocycles. The first kappa shape index (κ1) is 20.8. The molecule has 1 aromatic carbocycles. The number of halogens is 1. The number of amides is 4. The van der Waals surface area contributed by atoms with E-state index in [2.05, 4.69) is 10.6 Å². The van der Waals surface area contributed by atoms with Crippen LogP contribution in [-0.2, 0) is 19.1 Å². The van der Waals surface area contributed by atoms with Crippen molar-refractivity contribution in [2.45, 2.75) is 57.1 Å². The van der Waals surface area contributed by atoms with Gasteiger partial charge in [0.2, 0.25) is 0 Å². The molecule has 4 amide bonds. The summed E-state index contributed by atoms with van der Waals surface area (Å²) < 4.78 is 18.2. The molecule has 1 atom stereocenters. The maximum absolute atomic E-state index is 13.2. The van der Waals surface area contributed by atoms with Gasteiger partial charge in [-0.25, -0.2) is 9.18 Å². The molecule has 0 aromatic heterocycles. The molecule has 1 aromatic rings. The van der Waals surface area contributed by atoms with E-state index in [1.54, 1.807) is 0 Å². The second-order valence-corrected chi connectivity index (χ2v) is 7.41. The van der Waals surface area contributed by atoms with E-state index >= 15 is 0 Å². The van der Waals surface area contributed by atoms with Crippen LogP contribution >= 0.6 is 0 Å². The monoisotopic (exact) mass is 405 g/mol. The summed E-state index contributed by atoms with van der Waals surface area (Å²) in [7, 11) is 0. The van der Waals surface area contributed by atoms with Crippen molar-refractivity contribution < 1.29 is 28.3 Å². The zero-order chi connectivity index (χ0) is 21.0. The van der Waals surface area contributed by atoms with Crippen molar-refractivity contribution in [2.24, 2.45) is 0 Å². The average molecular weight is 405 g/mol. The summed E-state index contributed by atoms with van der Waals surface area (Å²) in [6.07, 6.45) is 2.24. The number of carbonyl (C=O) groups excluding carboxylic acids is 4. The van der Waals surface area contributed by atoms with Crippen molar-refractivity contribution in [3.63, 3.8) is 0 Å². The topological polar surface area (TPSA) is 105 Å². The van der Waals surface area contributed by atoms with Crippen LogP contribution in [-0.4, -0.2) is 46.9 Å². The average Bonchev–Trinajstić information content (AvgIpc) is 3.22. The normalized spacial score (nSPS) is 18.6. The molecule has 8 nitrogen and oxygen atoms in total. The molecule has 2 fully saturated rings. The Kier molecular flexibility index (Phi) is 6.14. The fraction of sp³-hybridized carbons (Fsp3) is 0.500. The molecule has 2 aliphatic rings. The fourth-order valence-electron chi connectivity index (χ4n) is 3.70. The predicted molar refractivity (Wildman–Crippen MR) is 101 cm³/mol.